The van der Waals surface area contributed by atoms with E-state index in [2.05, 4.69) is 41.5 Å². The highest BCUT2D eigenvalue weighted by Crippen LogP contribution is 2.34. The number of halogens is 3. The molecular weight excluding hydrogens is 708 g/mol. The van der Waals surface area contributed by atoms with Crippen LogP contribution in [0.4, 0.5) is 20.3 Å². The summed E-state index contributed by atoms with van der Waals surface area (Å²) < 4.78 is 60.2. The van der Waals surface area contributed by atoms with Crippen LogP contribution in [-0.4, -0.2) is 42.2 Å². The minimum absolute atomic E-state index is 0.00762. The number of fused-ring (bicyclic) bond motifs is 1. The molecule has 240 valence electrons. The van der Waals surface area contributed by atoms with Crippen molar-refractivity contribution in [2.75, 3.05) is 24.2 Å². The van der Waals surface area contributed by atoms with Crippen molar-refractivity contribution in [1.29, 1.82) is 0 Å². The molecule has 0 bridgehead atoms. The summed E-state index contributed by atoms with van der Waals surface area (Å²) in [5.41, 5.74) is 2.67. The van der Waals surface area contributed by atoms with Crippen LogP contribution >= 0.6 is 27.3 Å². The van der Waals surface area contributed by atoms with Gasteiger partial charge in [0.15, 0.2) is 9.84 Å². The van der Waals surface area contributed by atoms with Gasteiger partial charge in [0.2, 0.25) is 0 Å². The summed E-state index contributed by atoms with van der Waals surface area (Å²) >= 11 is 4.95. The fourth-order valence-electron chi connectivity index (χ4n) is 4.82. The quantitative estimate of drug-likeness (QED) is 0.116. The third kappa shape index (κ3) is 8.17. The zero-order valence-electron chi connectivity index (χ0n) is 24.8. The molecule has 2 N–H and O–H groups in total. The molecule has 0 aliphatic heterocycles. The Kier molecular flexibility index (Phi) is 10.2. The highest BCUT2D eigenvalue weighted by molar-refractivity contribution is 9.10. The van der Waals surface area contributed by atoms with E-state index in [1.54, 1.807) is 60.0 Å². The number of benzene rings is 4. The summed E-state index contributed by atoms with van der Waals surface area (Å²) in [6.07, 6.45) is 1.94. The van der Waals surface area contributed by atoms with Gasteiger partial charge in [0.25, 0.3) is 0 Å². The first kappa shape index (κ1) is 32.6. The molecule has 0 fully saturated rings. The van der Waals surface area contributed by atoms with E-state index in [0.29, 0.717) is 73.9 Å². The smallest absolute Gasteiger partial charge is 0.179 e. The lowest BCUT2D eigenvalue weighted by Crippen LogP contribution is -2.25. The second-order valence-electron chi connectivity index (χ2n) is 10.5. The molecule has 6 aromatic rings. The van der Waals surface area contributed by atoms with E-state index in [1.165, 1.54) is 35.9 Å². The highest BCUT2D eigenvalue weighted by atomic mass is 79.9. The van der Waals surface area contributed by atoms with Crippen molar-refractivity contribution in [2.24, 2.45) is 0 Å². The van der Waals surface area contributed by atoms with Gasteiger partial charge >= 0.3 is 0 Å². The van der Waals surface area contributed by atoms with Gasteiger partial charge in [0, 0.05) is 47.6 Å². The van der Waals surface area contributed by atoms with Gasteiger partial charge < -0.3 is 15.4 Å². The summed E-state index contributed by atoms with van der Waals surface area (Å²) in [5.74, 6) is 0.293. The van der Waals surface area contributed by atoms with E-state index in [9.17, 15) is 12.8 Å². The van der Waals surface area contributed by atoms with Crippen molar-refractivity contribution in [3.8, 4) is 17.0 Å². The number of nitrogens with one attached hydrogen (secondary N) is 2. The molecule has 4 aromatic carbocycles. The van der Waals surface area contributed by atoms with E-state index in [0.717, 1.165) is 5.01 Å². The van der Waals surface area contributed by atoms with Crippen molar-refractivity contribution in [3.05, 3.63) is 123 Å². The Labute approximate surface area is 283 Å². The molecular formula is C34H28BrF2N5O3S2. The van der Waals surface area contributed by atoms with Crippen molar-refractivity contribution in [3.63, 3.8) is 0 Å². The summed E-state index contributed by atoms with van der Waals surface area (Å²) in [6.45, 7) is 1.05. The van der Waals surface area contributed by atoms with Crippen LogP contribution in [0.15, 0.2) is 106 Å². The number of hydrogen-bond acceptors (Lipinski definition) is 9. The molecule has 0 unspecified atom stereocenters. The zero-order chi connectivity index (χ0) is 32.8. The van der Waals surface area contributed by atoms with Crippen LogP contribution in [0, 0.1) is 11.6 Å². The Bertz CT molecular complexity index is 2130. The van der Waals surface area contributed by atoms with Gasteiger partial charge in [-0.25, -0.2) is 32.2 Å². The first-order chi connectivity index (χ1) is 22.7. The van der Waals surface area contributed by atoms with Crippen LogP contribution in [0.5, 0.6) is 5.75 Å². The van der Waals surface area contributed by atoms with Gasteiger partial charge in [0.1, 0.15) is 36.1 Å². The SMILES string of the molecule is O=S(=O)(CCNCCc1nc(-c2cc3c(Nc4ccc(OCc5cccc(F)c5)c(Br)c4)ncnc3cc2F)cs1)c1ccccc1. The minimum atomic E-state index is -3.35. The average molecular weight is 737 g/mol. The zero-order valence-corrected chi connectivity index (χ0v) is 28.0. The number of aromatic nitrogens is 3. The Morgan fingerprint density at radius 1 is 0.915 bits per heavy atom. The van der Waals surface area contributed by atoms with Crippen molar-refractivity contribution in [1.82, 2.24) is 20.3 Å². The maximum Gasteiger partial charge on any atom is 0.179 e. The molecule has 0 aliphatic rings. The van der Waals surface area contributed by atoms with Crippen LogP contribution in [0.25, 0.3) is 22.2 Å². The van der Waals surface area contributed by atoms with E-state index >= 15 is 4.39 Å². The lowest BCUT2D eigenvalue weighted by molar-refractivity contribution is 0.303. The number of anilines is 2. The largest absolute Gasteiger partial charge is 0.488 e. The first-order valence-corrected chi connectivity index (χ1v) is 17.9. The molecule has 0 spiro atoms. The van der Waals surface area contributed by atoms with E-state index in [4.69, 9.17) is 4.74 Å². The summed E-state index contributed by atoms with van der Waals surface area (Å²) in [7, 11) is -3.35. The highest BCUT2D eigenvalue weighted by Gasteiger charge is 2.16. The van der Waals surface area contributed by atoms with Gasteiger partial charge in [-0.15, -0.1) is 11.3 Å². The lowest BCUT2D eigenvalue weighted by Gasteiger charge is -2.13. The fraction of sp³-hybridized carbons (Fsp3) is 0.147. The lowest BCUT2D eigenvalue weighted by atomic mass is 10.1. The topological polar surface area (TPSA) is 106 Å². The molecule has 13 heteroatoms. The molecule has 0 amide bonds. The Hall–Kier alpha value is -4.30. The van der Waals surface area contributed by atoms with Gasteiger partial charge in [-0.2, -0.15) is 0 Å². The third-order valence-electron chi connectivity index (χ3n) is 7.20. The monoisotopic (exact) mass is 735 g/mol. The number of thiazole rings is 1. The summed E-state index contributed by atoms with van der Waals surface area (Å²) in [6, 6.07) is 23.1. The second kappa shape index (κ2) is 14.6. The number of hydrogen-bond donors (Lipinski definition) is 2. The predicted molar refractivity (Wildman–Crippen MR) is 184 cm³/mol. The Balaban J connectivity index is 1.10. The number of nitrogens with zero attached hydrogens (tertiary/aromatic N) is 3. The number of rotatable bonds is 13. The van der Waals surface area contributed by atoms with Crippen LogP contribution in [-0.2, 0) is 22.9 Å². The maximum atomic E-state index is 15.3. The summed E-state index contributed by atoms with van der Waals surface area (Å²) in [5, 5.41) is 9.66. The van der Waals surface area contributed by atoms with Crippen molar-refractivity contribution < 1.29 is 21.9 Å². The summed E-state index contributed by atoms with van der Waals surface area (Å²) in [4.78, 5) is 13.6. The minimum Gasteiger partial charge on any atom is -0.488 e. The van der Waals surface area contributed by atoms with Gasteiger partial charge in [-0.3, -0.25) is 0 Å². The molecule has 2 aromatic heterocycles. The first-order valence-electron chi connectivity index (χ1n) is 14.6. The van der Waals surface area contributed by atoms with Crippen LogP contribution in [0.3, 0.4) is 0 Å². The molecule has 0 saturated carbocycles. The van der Waals surface area contributed by atoms with Crippen molar-refractivity contribution in [2.45, 2.75) is 17.9 Å². The third-order valence-corrected chi connectivity index (χ3v) is 10.5. The standard InChI is InChI=1S/C34H28BrF2N5O3S2/c35-28-16-24(9-10-32(28)45-19-22-5-4-6-23(36)15-22)41-34-27-17-26(29(37)18-30(27)39-21-40-34)31-20-46-33(42-31)11-12-38-13-14-47(43,44)25-7-2-1-3-8-25/h1-10,15-18,20-21,38H,11-14,19H2,(H,39,40,41). The molecule has 0 saturated heterocycles. The number of ether oxygens (including phenoxy) is 1. The average Bonchev–Trinajstić information content (AvgIpc) is 3.53. The second-order valence-corrected chi connectivity index (χ2v) is 14.4. The molecule has 8 nitrogen and oxygen atoms in total. The van der Waals surface area contributed by atoms with Crippen LogP contribution < -0.4 is 15.4 Å². The normalized spacial score (nSPS) is 11.6. The molecule has 2 heterocycles. The Morgan fingerprint density at radius 3 is 2.57 bits per heavy atom. The van der Waals surface area contributed by atoms with E-state index in [1.807, 2.05) is 12.1 Å². The molecule has 0 aliphatic carbocycles. The number of sulfone groups is 1. The van der Waals surface area contributed by atoms with Gasteiger partial charge in [-0.05, 0) is 70.0 Å². The van der Waals surface area contributed by atoms with E-state index in [-0.39, 0.29) is 18.2 Å². The molecule has 47 heavy (non-hydrogen) atoms. The van der Waals surface area contributed by atoms with Gasteiger partial charge in [0.05, 0.1) is 31.3 Å². The Morgan fingerprint density at radius 2 is 1.77 bits per heavy atom. The maximum absolute atomic E-state index is 15.3. The van der Waals surface area contributed by atoms with Gasteiger partial charge in [-0.1, -0.05) is 30.3 Å². The van der Waals surface area contributed by atoms with E-state index < -0.39 is 15.7 Å². The van der Waals surface area contributed by atoms with Crippen molar-refractivity contribution >= 4 is 59.5 Å². The molecule has 6 rings (SSSR count). The fourth-order valence-corrected chi connectivity index (χ4v) is 7.33. The molecule has 0 atom stereocenters. The molecule has 0 radical (unpaired) electrons. The van der Waals surface area contributed by atoms with Crippen LogP contribution in [0.2, 0.25) is 0 Å². The van der Waals surface area contributed by atoms with Crippen LogP contribution in [0.1, 0.15) is 10.6 Å². The predicted octanol–water partition coefficient (Wildman–Crippen LogP) is 7.72.